The molecule has 1 N–H and O–H groups in total. The minimum Gasteiger partial charge on any atom is -0.444 e. The number of hydrogen-bond acceptors (Lipinski definition) is 3. The quantitative estimate of drug-likeness (QED) is 0.927. The molecule has 1 saturated heterocycles. The third-order valence-corrected chi connectivity index (χ3v) is 3.64. The molecule has 1 fully saturated rings. The van der Waals surface area contributed by atoms with E-state index in [-0.39, 0.29) is 12.1 Å². The highest BCUT2D eigenvalue weighted by Crippen LogP contribution is 2.20. The van der Waals surface area contributed by atoms with Crippen LogP contribution in [-0.4, -0.2) is 35.7 Å². The van der Waals surface area contributed by atoms with Crippen LogP contribution in [0.4, 0.5) is 4.79 Å². The van der Waals surface area contributed by atoms with Gasteiger partial charge in [-0.15, -0.1) is 0 Å². The molecule has 0 unspecified atom stereocenters. The largest absolute Gasteiger partial charge is 0.444 e. The van der Waals surface area contributed by atoms with Gasteiger partial charge in [-0.1, -0.05) is 23.7 Å². The minimum atomic E-state index is -0.438. The average Bonchev–Trinajstić information content (AvgIpc) is 2.31. The second kappa shape index (κ2) is 6.24. The Morgan fingerprint density at radius 3 is 2.43 bits per heavy atom. The number of nitrogens with one attached hydrogen (secondary N) is 1. The molecular formula is C16H23ClN2O2. The van der Waals surface area contributed by atoms with Gasteiger partial charge in [0.1, 0.15) is 5.60 Å². The van der Waals surface area contributed by atoms with Crippen molar-refractivity contribution in [2.45, 2.75) is 45.4 Å². The Balaban J connectivity index is 1.77. The van der Waals surface area contributed by atoms with Crippen molar-refractivity contribution in [1.29, 1.82) is 0 Å². The zero-order chi connectivity index (χ0) is 15.6. The Morgan fingerprint density at radius 1 is 1.33 bits per heavy atom. The fraction of sp³-hybridized carbons (Fsp3) is 0.562. The summed E-state index contributed by atoms with van der Waals surface area (Å²) < 4.78 is 5.34. The van der Waals surface area contributed by atoms with Crippen molar-refractivity contribution in [2.24, 2.45) is 0 Å². The first-order valence-corrected chi connectivity index (χ1v) is 7.62. The molecule has 1 heterocycles. The van der Waals surface area contributed by atoms with Crippen LogP contribution in [0, 0.1) is 0 Å². The fourth-order valence-electron chi connectivity index (χ4n) is 2.26. The van der Waals surface area contributed by atoms with Crippen LogP contribution in [0.2, 0.25) is 5.02 Å². The van der Waals surface area contributed by atoms with Crippen molar-refractivity contribution in [3.8, 4) is 0 Å². The van der Waals surface area contributed by atoms with E-state index in [0.29, 0.717) is 19.1 Å². The number of nitrogens with zero attached hydrogens (tertiary/aromatic N) is 1. The number of benzene rings is 1. The maximum atomic E-state index is 11.8. The summed E-state index contributed by atoms with van der Waals surface area (Å²) in [5, 5.41) is 4.25. The van der Waals surface area contributed by atoms with E-state index < -0.39 is 5.60 Å². The first-order valence-electron chi connectivity index (χ1n) is 7.24. The molecule has 0 aliphatic carbocycles. The zero-order valence-corrected chi connectivity index (χ0v) is 13.8. The Bertz CT molecular complexity index is 490. The number of amides is 1. The van der Waals surface area contributed by atoms with Crippen molar-refractivity contribution in [3.63, 3.8) is 0 Å². The van der Waals surface area contributed by atoms with Crippen LogP contribution in [0.3, 0.4) is 0 Å². The predicted octanol–water partition coefficient (Wildman–Crippen LogP) is 3.61. The van der Waals surface area contributed by atoms with E-state index >= 15 is 0 Å². The molecule has 1 amide bonds. The molecule has 0 radical (unpaired) electrons. The molecule has 0 aromatic heterocycles. The fourth-order valence-corrected chi connectivity index (χ4v) is 2.39. The summed E-state index contributed by atoms with van der Waals surface area (Å²) in [7, 11) is 0. The second-order valence-electron chi connectivity index (χ2n) is 6.52. The molecule has 5 heteroatoms. The number of carbonyl (C=O) groups is 1. The molecule has 0 bridgehead atoms. The number of likely N-dealkylation sites (tertiary alicyclic amines) is 1. The molecule has 0 spiro atoms. The number of rotatable bonds is 3. The van der Waals surface area contributed by atoms with Crippen LogP contribution in [0.25, 0.3) is 0 Å². The third-order valence-electron chi connectivity index (χ3n) is 3.39. The van der Waals surface area contributed by atoms with Crippen LogP contribution in [0.1, 0.15) is 39.3 Å². The van der Waals surface area contributed by atoms with Crippen LogP contribution < -0.4 is 5.32 Å². The highest BCUT2D eigenvalue weighted by Gasteiger charge is 2.34. The average molecular weight is 311 g/mol. The van der Waals surface area contributed by atoms with Gasteiger partial charge in [0.2, 0.25) is 0 Å². The van der Waals surface area contributed by atoms with Crippen molar-refractivity contribution in [1.82, 2.24) is 10.2 Å². The van der Waals surface area contributed by atoms with Crippen LogP contribution in [0.5, 0.6) is 0 Å². The number of ether oxygens (including phenoxy) is 1. The molecule has 4 nitrogen and oxygen atoms in total. The Hall–Kier alpha value is -1.26. The third kappa shape index (κ3) is 4.61. The van der Waals surface area contributed by atoms with E-state index in [9.17, 15) is 4.79 Å². The molecule has 2 rings (SSSR count). The highest BCUT2D eigenvalue weighted by molar-refractivity contribution is 6.30. The molecule has 0 saturated carbocycles. The first kappa shape index (κ1) is 16.1. The second-order valence-corrected chi connectivity index (χ2v) is 6.96. The van der Waals surface area contributed by atoms with E-state index in [2.05, 4.69) is 12.2 Å². The summed E-state index contributed by atoms with van der Waals surface area (Å²) in [6, 6.07) is 8.36. The van der Waals surface area contributed by atoms with E-state index in [1.807, 2.05) is 45.0 Å². The Labute approximate surface area is 131 Å². The van der Waals surface area contributed by atoms with Crippen LogP contribution in [0.15, 0.2) is 24.3 Å². The highest BCUT2D eigenvalue weighted by atomic mass is 35.5. The molecule has 1 aliphatic rings. The van der Waals surface area contributed by atoms with Gasteiger partial charge in [-0.25, -0.2) is 4.79 Å². The van der Waals surface area contributed by atoms with Gasteiger partial charge in [-0.3, -0.25) is 0 Å². The van der Waals surface area contributed by atoms with E-state index in [0.717, 1.165) is 5.02 Å². The van der Waals surface area contributed by atoms with Gasteiger partial charge in [0.05, 0.1) is 0 Å². The maximum Gasteiger partial charge on any atom is 0.410 e. The molecule has 116 valence electrons. The monoisotopic (exact) mass is 310 g/mol. The Morgan fingerprint density at radius 2 is 1.90 bits per heavy atom. The number of halogens is 1. The summed E-state index contributed by atoms with van der Waals surface area (Å²) in [6.45, 7) is 9.12. The van der Waals surface area contributed by atoms with Gasteiger partial charge in [0.25, 0.3) is 0 Å². The molecule has 1 aliphatic heterocycles. The summed E-state index contributed by atoms with van der Waals surface area (Å²) >= 11 is 5.89. The van der Waals surface area contributed by atoms with Crippen molar-refractivity contribution >= 4 is 17.7 Å². The lowest BCUT2D eigenvalue weighted by Gasteiger charge is -2.41. The first-order chi connectivity index (χ1) is 9.74. The molecular weight excluding hydrogens is 288 g/mol. The van der Waals surface area contributed by atoms with Crippen LogP contribution >= 0.6 is 11.6 Å². The lowest BCUT2D eigenvalue weighted by molar-refractivity contribution is 0.00434. The zero-order valence-electron chi connectivity index (χ0n) is 13.0. The van der Waals surface area contributed by atoms with E-state index in [4.69, 9.17) is 16.3 Å². The summed E-state index contributed by atoms with van der Waals surface area (Å²) in [4.78, 5) is 13.6. The maximum absolute atomic E-state index is 11.8. The van der Waals surface area contributed by atoms with Gasteiger partial charge in [-0.2, -0.15) is 0 Å². The minimum absolute atomic E-state index is 0.230. The molecule has 1 atom stereocenters. The van der Waals surface area contributed by atoms with E-state index in [1.54, 1.807) is 4.90 Å². The Kier molecular flexibility index (Phi) is 4.79. The van der Waals surface area contributed by atoms with Crippen molar-refractivity contribution in [3.05, 3.63) is 34.9 Å². The van der Waals surface area contributed by atoms with E-state index in [1.165, 1.54) is 5.56 Å². The summed E-state index contributed by atoms with van der Waals surface area (Å²) in [6.07, 6.45) is -0.236. The van der Waals surface area contributed by atoms with Gasteiger partial charge < -0.3 is 15.0 Å². The number of hydrogen-bond donors (Lipinski definition) is 1. The van der Waals surface area contributed by atoms with Crippen molar-refractivity contribution in [2.75, 3.05) is 13.1 Å². The lowest BCUT2D eigenvalue weighted by Crippen LogP contribution is -2.60. The van der Waals surface area contributed by atoms with Gasteiger partial charge >= 0.3 is 6.09 Å². The smallest absolute Gasteiger partial charge is 0.410 e. The normalized spacial score (nSPS) is 17.3. The van der Waals surface area contributed by atoms with Gasteiger partial charge in [0, 0.05) is 30.2 Å². The SMILES string of the molecule is C[C@H](NC1CN(C(=O)OC(C)(C)C)C1)c1ccc(Cl)cc1. The van der Waals surface area contributed by atoms with Crippen LogP contribution in [-0.2, 0) is 4.74 Å². The summed E-state index contributed by atoms with van der Waals surface area (Å²) in [5.74, 6) is 0. The molecule has 1 aromatic carbocycles. The lowest BCUT2D eigenvalue weighted by atomic mass is 10.0. The van der Waals surface area contributed by atoms with Gasteiger partial charge in [-0.05, 0) is 45.4 Å². The topological polar surface area (TPSA) is 41.6 Å². The number of carbonyl (C=O) groups excluding carboxylic acids is 1. The summed E-state index contributed by atoms with van der Waals surface area (Å²) in [5.41, 5.74) is 0.752. The predicted molar refractivity (Wildman–Crippen MR) is 84.6 cm³/mol. The van der Waals surface area contributed by atoms with Gasteiger partial charge in [0.15, 0.2) is 0 Å². The standard InChI is InChI=1S/C16H23ClN2O2/c1-11(12-5-7-13(17)8-6-12)18-14-9-19(10-14)15(20)21-16(2,3)4/h5-8,11,14,18H,9-10H2,1-4H3/t11-/m0/s1. The molecule has 1 aromatic rings. The van der Waals surface area contributed by atoms with Crippen molar-refractivity contribution < 1.29 is 9.53 Å². The molecule has 21 heavy (non-hydrogen) atoms.